The van der Waals surface area contributed by atoms with E-state index in [0.717, 1.165) is 40.9 Å². The third kappa shape index (κ3) is 59.3. The van der Waals surface area contributed by atoms with Crippen molar-refractivity contribution in [3.8, 4) is 0 Å². The van der Waals surface area contributed by atoms with Crippen LogP contribution in [-0.2, 0) is 0 Å². The first-order valence-corrected chi connectivity index (χ1v) is 50.1. The average molecular weight is 1510 g/mol. The third-order valence-corrected chi connectivity index (χ3v) is 28.1. The molecule has 0 nitrogen and oxygen atoms in total. The fraction of sp³-hybridized carbons (Fsp3) is 1.00. The molecule has 3 unspecified atom stereocenters. The van der Waals surface area contributed by atoms with Crippen LogP contribution in [0.1, 0.15) is 597 Å². The Balaban J connectivity index is -0.000000355. The van der Waals surface area contributed by atoms with E-state index in [4.69, 9.17) is 0 Å². The molecule has 0 aromatic rings. The Morgan fingerprint density at radius 1 is 0.224 bits per heavy atom. The lowest BCUT2D eigenvalue weighted by Gasteiger charge is -2.63. The van der Waals surface area contributed by atoms with E-state index in [1.165, 1.54) is 315 Å². The molecule has 652 valence electrons. The summed E-state index contributed by atoms with van der Waals surface area (Å²) >= 11 is 0. The summed E-state index contributed by atoms with van der Waals surface area (Å²) in [7, 11) is 0. The lowest BCUT2D eigenvalue weighted by atomic mass is 9.42. The summed E-state index contributed by atoms with van der Waals surface area (Å²) in [6.45, 7) is 85.6. The van der Waals surface area contributed by atoms with Crippen molar-refractivity contribution in [3.63, 3.8) is 0 Å². The van der Waals surface area contributed by atoms with Crippen LogP contribution >= 0.6 is 0 Å². The van der Waals surface area contributed by atoms with Crippen LogP contribution in [0.5, 0.6) is 0 Å². The average Bonchev–Trinajstić information content (AvgIpc) is 1.38. The molecule has 0 radical (unpaired) electrons. The maximum absolute atomic E-state index is 2.55. The predicted molar refractivity (Wildman–Crippen MR) is 503 cm³/mol. The van der Waals surface area contributed by atoms with E-state index in [1.54, 1.807) is 19.3 Å². The third-order valence-electron chi connectivity index (χ3n) is 28.1. The largest absolute Gasteiger partial charge is 0.0683 e. The van der Waals surface area contributed by atoms with Crippen molar-refractivity contribution in [1.29, 1.82) is 0 Å². The van der Waals surface area contributed by atoms with Gasteiger partial charge in [0.1, 0.15) is 0 Å². The van der Waals surface area contributed by atoms with Crippen molar-refractivity contribution in [2.24, 2.45) is 95.1 Å². The normalized spacial score (nSPS) is 28.9. The van der Waals surface area contributed by atoms with E-state index in [9.17, 15) is 0 Å². The Labute approximate surface area is 687 Å². The molecule has 0 aliphatic heterocycles. The molecule has 0 heteroatoms. The molecular weight excluding hydrogens is 1290 g/mol. The summed E-state index contributed by atoms with van der Waals surface area (Å²) in [4.78, 5) is 0. The van der Waals surface area contributed by atoms with Gasteiger partial charge in [0.15, 0.2) is 0 Å². The quantitative estimate of drug-likeness (QED) is 0.230. The summed E-state index contributed by atoms with van der Waals surface area (Å²) in [5, 5.41) is 0. The molecule has 0 heterocycles. The zero-order chi connectivity index (χ0) is 83.7. The highest BCUT2D eigenvalue weighted by molar-refractivity contribution is 5.06. The molecule has 13 aliphatic rings. The summed E-state index contributed by atoms with van der Waals surface area (Å²) in [6.07, 6.45) is 76.5. The summed E-state index contributed by atoms with van der Waals surface area (Å²) in [5.74, 6) is 6.23. The molecule has 0 N–H and O–H groups in total. The van der Waals surface area contributed by atoms with Crippen LogP contribution in [0.2, 0.25) is 0 Å². The first kappa shape index (κ1) is 116. The number of hydrogen-bond donors (Lipinski definition) is 0. The van der Waals surface area contributed by atoms with Crippen LogP contribution in [-0.4, -0.2) is 0 Å². The van der Waals surface area contributed by atoms with E-state index in [1.807, 2.05) is 96.9 Å². The molecule has 0 spiro atoms. The first-order chi connectivity index (χ1) is 50.1. The lowest BCUT2D eigenvalue weighted by Crippen LogP contribution is -2.53. The van der Waals surface area contributed by atoms with Gasteiger partial charge < -0.3 is 0 Å². The van der Waals surface area contributed by atoms with Gasteiger partial charge in [0, 0.05) is 0 Å². The van der Waals surface area contributed by atoms with Gasteiger partial charge in [-0.3, -0.25) is 0 Å². The van der Waals surface area contributed by atoms with Crippen LogP contribution in [0.3, 0.4) is 0 Å². The zero-order valence-corrected chi connectivity index (χ0v) is 83.7. The molecule has 13 rings (SSSR count). The number of hydrogen-bond acceptors (Lipinski definition) is 0. The lowest BCUT2D eigenvalue weighted by molar-refractivity contribution is -0.128. The summed E-state index contributed by atoms with van der Waals surface area (Å²) in [5.41, 5.74) is 7.45. The monoisotopic (exact) mass is 1510 g/mol. The van der Waals surface area contributed by atoms with Crippen molar-refractivity contribution >= 4 is 0 Å². The highest BCUT2D eigenvalue weighted by atomic mass is 14.6. The first-order valence-electron chi connectivity index (χ1n) is 50.1. The van der Waals surface area contributed by atoms with Crippen LogP contribution in [0.15, 0.2) is 0 Å². The smallest absolute Gasteiger partial charge is 0.0297 e. The van der Waals surface area contributed by atoms with Gasteiger partial charge in [0.05, 0.1) is 0 Å². The van der Waals surface area contributed by atoms with Gasteiger partial charge in [0.25, 0.3) is 0 Å². The molecule has 107 heavy (non-hydrogen) atoms. The molecular formula is C107H224. The van der Waals surface area contributed by atoms with E-state index >= 15 is 0 Å². The molecule has 4 bridgehead atoms. The Morgan fingerprint density at radius 2 is 0.421 bits per heavy atom. The van der Waals surface area contributed by atoms with Gasteiger partial charge in [-0.15, -0.1) is 0 Å². The second-order valence-electron chi connectivity index (χ2n) is 43.6. The van der Waals surface area contributed by atoms with Crippen molar-refractivity contribution < 1.29 is 0 Å². The molecule has 0 saturated heterocycles. The van der Waals surface area contributed by atoms with Crippen LogP contribution < -0.4 is 0 Å². The van der Waals surface area contributed by atoms with Crippen LogP contribution in [0.25, 0.3) is 0 Å². The second kappa shape index (κ2) is 63.2. The van der Waals surface area contributed by atoms with Gasteiger partial charge in [-0.2, -0.15) is 0 Å². The van der Waals surface area contributed by atoms with Crippen molar-refractivity contribution in [1.82, 2.24) is 0 Å². The van der Waals surface area contributed by atoms with Crippen molar-refractivity contribution in [3.05, 3.63) is 0 Å². The fourth-order valence-corrected chi connectivity index (χ4v) is 20.4. The SMILES string of the molecule is CC.CC.CC.CC.CC.CC.CC.CC1(C)CCCC1.CC1(C)CCCCC1.CC1(C)CCCCCC1.CC1(C)CCCCCCC1.CC1(C)CCCCCCCC1.CC1(C)CCCCCCCCC1.CC12CC3CC(C1)C(C)(C)C(C3)C2.CC1CC(C)(C)C1.CCC1CCCCC1(C)C.C[C@H]1CC1(C)C. The van der Waals surface area contributed by atoms with Gasteiger partial charge in [0.2, 0.25) is 0 Å². The van der Waals surface area contributed by atoms with Crippen LogP contribution in [0.4, 0.5) is 0 Å². The van der Waals surface area contributed by atoms with Crippen molar-refractivity contribution in [2.45, 2.75) is 597 Å². The molecule has 0 aromatic heterocycles. The van der Waals surface area contributed by atoms with Gasteiger partial charge in [-0.25, -0.2) is 0 Å². The molecule has 4 atom stereocenters. The topological polar surface area (TPSA) is 0 Å². The highest BCUT2D eigenvalue weighted by Crippen LogP contribution is 2.66. The van der Waals surface area contributed by atoms with E-state index in [0.29, 0.717) is 54.1 Å². The molecule has 13 fully saturated rings. The molecule has 0 amide bonds. The second-order valence-corrected chi connectivity index (χ2v) is 43.6. The Kier molecular flexibility index (Phi) is 68.2. The van der Waals surface area contributed by atoms with E-state index < -0.39 is 0 Å². The summed E-state index contributed by atoms with van der Waals surface area (Å²) in [6, 6.07) is 0. The number of rotatable bonds is 1. The highest BCUT2D eigenvalue weighted by Gasteiger charge is 2.56. The molecule has 13 saturated carbocycles. The van der Waals surface area contributed by atoms with Gasteiger partial charge in [-0.05, 0) is 236 Å². The van der Waals surface area contributed by atoms with E-state index in [2.05, 4.69) is 166 Å². The maximum Gasteiger partial charge on any atom is -0.0297 e. The zero-order valence-electron chi connectivity index (χ0n) is 83.7. The minimum atomic E-state index is 0.636. The Bertz CT molecular complexity index is 1800. The van der Waals surface area contributed by atoms with Crippen molar-refractivity contribution in [2.75, 3.05) is 0 Å². The maximum atomic E-state index is 2.55. The molecule has 0 aromatic carbocycles. The minimum Gasteiger partial charge on any atom is -0.0683 e. The molecule has 13 aliphatic carbocycles. The Hall–Kier alpha value is 0. The fourth-order valence-electron chi connectivity index (χ4n) is 20.4. The predicted octanol–water partition coefficient (Wildman–Crippen LogP) is 40.5. The van der Waals surface area contributed by atoms with Gasteiger partial charge >= 0.3 is 0 Å². The minimum absolute atomic E-state index is 0.636. The summed E-state index contributed by atoms with van der Waals surface area (Å²) < 4.78 is 0. The van der Waals surface area contributed by atoms with Gasteiger partial charge in [-0.1, -0.05) is 456 Å². The van der Waals surface area contributed by atoms with Crippen LogP contribution in [0, 0.1) is 95.1 Å². The standard InChI is InChI=1S/C13H22.C12H24.C11H22.2C10H20.C9H18.C8H16.2C7H14.C6H12.7C2H6/c1-12(2)10-4-9-5-11(12)8-13(3,6-9)7-10;1-12(2)10-8-6-4-3-5-7-9-11-12;1-11(2)9-7-5-3-4-6-8-10-11;1-10(2)8-6-4-3-5-7-9-10;1-4-9-7-5-6-8-10(9,2)3;1-9(2)7-5-3-4-6-8-9;1-8(2)6-4-3-5-7-8;1-6-4-7(2,3)5-6;1-7(2)5-3-4-6-7;1-5-4-6(5,2)3;7*1-2/h9-11H,4-8H2,1-3H3;3-11H2,1-2H3;3-10H2,1-2H3;3-9H2,1-2H3;9H,4-8H2,1-3H3;3-8H2,1-2H3;3-7H2,1-2H3;6H,4-5H2,1-3H3;3-6H2,1-2H3;5H,4H2,1-3H3;7*1-2H3/t;;;;;;;;;5-;;;;;;;/m.........0......./s1. The van der Waals surface area contributed by atoms with E-state index in [-0.39, 0.29) is 0 Å². The Morgan fingerprint density at radius 3 is 0.570 bits per heavy atom.